The summed E-state index contributed by atoms with van der Waals surface area (Å²) in [7, 11) is 0. The van der Waals surface area contributed by atoms with Crippen molar-refractivity contribution >= 4 is 28.4 Å². The lowest BCUT2D eigenvalue weighted by molar-refractivity contribution is -0.114. The summed E-state index contributed by atoms with van der Waals surface area (Å²) >= 11 is 0. The van der Waals surface area contributed by atoms with Crippen LogP contribution in [-0.4, -0.2) is 22.0 Å². The molecule has 6 nitrogen and oxygen atoms in total. The number of carbonyl (C=O) groups is 2. The minimum atomic E-state index is -0.224. The van der Waals surface area contributed by atoms with Crippen LogP contribution in [0.2, 0.25) is 0 Å². The monoisotopic (exact) mass is 322 g/mol. The van der Waals surface area contributed by atoms with Gasteiger partial charge in [-0.3, -0.25) is 14.7 Å². The molecule has 2 aromatic carbocycles. The molecule has 1 heterocycles. The van der Waals surface area contributed by atoms with Gasteiger partial charge in [-0.05, 0) is 36.8 Å². The first-order valence-corrected chi connectivity index (χ1v) is 7.62. The fraction of sp³-hybridized carbons (Fsp3) is 0.167. The Bertz CT molecular complexity index is 897. The SMILES string of the molecule is CC(=O)Nc1ccc(CNC(=O)c2n[nH]c3ccc(C)cc23)cc1. The predicted octanol–water partition coefficient (Wildman–Crippen LogP) is 2.76. The van der Waals surface area contributed by atoms with Crippen LogP contribution in [0, 0.1) is 6.92 Å². The number of fused-ring (bicyclic) bond motifs is 1. The second-order valence-corrected chi connectivity index (χ2v) is 5.68. The Morgan fingerprint density at radius 1 is 1.12 bits per heavy atom. The molecule has 3 N–H and O–H groups in total. The standard InChI is InChI=1S/C18H18N4O2/c1-11-3-8-16-15(9-11)17(22-21-16)18(24)19-10-13-4-6-14(7-5-13)20-12(2)23/h3-9H,10H2,1-2H3,(H,19,24)(H,20,23)(H,21,22). The van der Waals surface area contributed by atoms with Crippen molar-refractivity contribution in [1.82, 2.24) is 15.5 Å². The van der Waals surface area contributed by atoms with Crippen LogP contribution in [0.15, 0.2) is 42.5 Å². The Hall–Kier alpha value is -3.15. The van der Waals surface area contributed by atoms with Crippen LogP contribution in [0.4, 0.5) is 5.69 Å². The zero-order chi connectivity index (χ0) is 17.1. The fourth-order valence-electron chi connectivity index (χ4n) is 2.48. The zero-order valence-corrected chi connectivity index (χ0v) is 13.5. The topological polar surface area (TPSA) is 86.9 Å². The second-order valence-electron chi connectivity index (χ2n) is 5.68. The number of aromatic amines is 1. The van der Waals surface area contributed by atoms with Gasteiger partial charge in [0.25, 0.3) is 5.91 Å². The number of benzene rings is 2. The molecular weight excluding hydrogens is 304 g/mol. The fourth-order valence-corrected chi connectivity index (χ4v) is 2.48. The molecule has 3 rings (SSSR count). The number of aryl methyl sites for hydroxylation is 1. The van der Waals surface area contributed by atoms with E-state index in [1.807, 2.05) is 37.3 Å². The second kappa shape index (κ2) is 6.54. The smallest absolute Gasteiger partial charge is 0.272 e. The molecule has 0 fully saturated rings. The van der Waals surface area contributed by atoms with E-state index in [4.69, 9.17) is 0 Å². The van der Waals surface area contributed by atoms with E-state index in [-0.39, 0.29) is 11.8 Å². The number of hydrogen-bond acceptors (Lipinski definition) is 3. The molecular formula is C18H18N4O2. The van der Waals surface area contributed by atoms with Crippen molar-refractivity contribution in [2.24, 2.45) is 0 Å². The average Bonchev–Trinajstić information content (AvgIpc) is 2.96. The summed E-state index contributed by atoms with van der Waals surface area (Å²) in [5.41, 5.74) is 3.97. The highest BCUT2D eigenvalue weighted by atomic mass is 16.2. The lowest BCUT2D eigenvalue weighted by Gasteiger charge is -2.06. The minimum Gasteiger partial charge on any atom is -0.347 e. The summed E-state index contributed by atoms with van der Waals surface area (Å²) in [6.07, 6.45) is 0. The van der Waals surface area contributed by atoms with Crippen LogP contribution < -0.4 is 10.6 Å². The number of amides is 2. The molecule has 0 unspecified atom stereocenters. The Morgan fingerprint density at radius 2 is 1.88 bits per heavy atom. The lowest BCUT2D eigenvalue weighted by atomic mass is 10.1. The quantitative estimate of drug-likeness (QED) is 0.690. The summed E-state index contributed by atoms with van der Waals surface area (Å²) in [6, 6.07) is 13.1. The first-order valence-electron chi connectivity index (χ1n) is 7.62. The summed E-state index contributed by atoms with van der Waals surface area (Å²) in [4.78, 5) is 23.4. The molecule has 6 heteroatoms. The molecule has 0 radical (unpaired) electrons. The van der Waals surface area contributed by atoms with Gasteiger partial charge in [0, 0.05) is 24.5 Å². The van der Waals surface area contributed by atoms with Crippen LogP contribution in [0.5, 0.6) is 0 Å². The van der Waals surface area contributed by atoms with E-state index in [9.17, 15) is 9.59 Å². The number of nitrogens with zero attached hydrogens (tertiary/aromatic N) is 1. The van der Waals surface area contributed by atoms with Crippen LogP contribution >= 0.6 is 0 Å². The maximum absolute atomic E-state index is 12.4. The molecule has 0 spiro atoms. The summed E-state index contributed by atoms with van der Waals surface area (Å²) < 4.78 is 0. The molecule has 24 heavy (non-hydrogen) atoms. The number of aromatic nitrogens is 2. The molecule has 3 aromatic rings. The molecule has 1 aromatic heterocycles. The van der Waals surface area contributed by atoms with Crippen molar-refractivity contribution < 1.29 is 9.59 Å². The number of H-pyrrole nitrogens is 1. The van der Waals surface area contributed by atoms with Gasteiger partial charge in [-0.15, -0.1) is 0 Å². The summed E-state index contributed by atoms with van der Waals surface area (Å²) in [6.45, 7) is 3.83. The first-order chi connectivity index (χ1) is 11.5. The molecule has 0 saturated heterocycles. The van der Waals surface area contributed by atoms with Crippen LogP contribution in [-0.2, 0) is 11.3 Å². The van der Waals surface area contributed by atoms with Crippen molar-refractivity contribution in [2.75, 3.05) is 5.32 Å². The first kappa shape index (κ1) is 15.7. The van der Waals surface area contributed by atoms with Crippen LogP contribution in [0.25, 0.3) is 10.9 Å². The molecule has 0 aliphatic rings. The van der Waals surface area contributed by atoms with Crippen molar-refractivity contribution in [1.29, 1.82) is 0 Å². The van der Waals surface area contributed by atoms with Crippen molar-refractivity contribution in [2.45, 2.75) is 20.4 Å². The van der Waals surface area contributed by atoms with E-state index in [1.165, 1.54) is 6.92 Å². The lowest BCUT2D eigenvalue weighted by Crippen LogP contribution is -2.23. The third-order valence-electron chi connectivity index (χ3n) is 3.66. The van der Waals surface area contributed by atoms with E-state index >= 15 is 0 Å². The maximum atomic E-state index is 12.4. The van der Waals surface area contributed by atoms with Gasteiger partial charge in [0.1, 0.15) is 0 Å². The largest absolute Gasteiger partial charge is 0.347 e. The van der Waals surface area contributed by atoms with Crippen molar-refractivity contribution in [3.05, 3.63) is 59.3 Å². The molecule has 0 atom stereocenters. The number of carbonyl (C=O) groups excluding carboxylic acids is 2. The van der Waals surface area contributed by atoms with Gasteiger partial charge in [0.15, 0.2) is 5.69 Å². The third-order valence-corrected chi connectivity index (χ3v) is 3.66. The third kappa shape index (κ3) is 3.43. The van der Waals surface area contributed by atoms with Gasteiger partial charge < -0.3 is 10.6 Å². The van der Waals surface area contributed by atoms with Crippen molar-refractivity contribution in [3.8, 4) is 0 Å². The average molecular weight is 322 g/mol. The molecule has 0 saturated carbocycles. The normalized spacial score (nSPS) is 10.6. The van der Waals surface area contributed by atoms with E-state index in [0.29, 0.717) is 12.2 Å². The Morgan fingerprint density at radius 3 is 2.58 bits per heavy atom. The van der Waals surface area contributed by atoms with E-state index < -0.39 is 0 Å². The Kier molecular flexibility index (Phi) is 4.29. The van der Waals surface area contributed by atoms with Gasteiger partial charge in [0.2, 0.25) is 5.91 Å². The van der Waals surface area contributed by atoms with Gasteiger partial charge in [-0.25, -0.2) is 0 Å². The number of hydrogen-bond donors (Lipinski definition) is 3. The van der Waals surface area contributed by atoms with Crippen molar-refractivity contribution in [3.63, 3.8) is 0 Å². The van der Waals surface area contributed by atoms with Gasteiger partial charge in [-0.1, -0.05) is 23.8 Å². The predicted molar refractivity (Wildman–Crippen MR) is 92.7 cm³/mol. The van der Waals surface area contributed by atoms with Gasteiger partial charge in [0.05, 0.1) is 5.52 Å². The minimum absolute atomic E-state index is 0.114. The van der Waals surface area contributed by atoms with Gasteiger partial charge in [-0.2, -0.15) is 5.10 Å². The molecule has 0 bridgehead atoms. The number of nitrogens with one attached hydrogen (secondary N) is 3. The highest BCUT2D eigenvalue weighted by molar-refractivity contribution is 6.04. The highest BCUT2D eigenvalue weighted by Crippen LogP contribution is 2.17. The van der Waals surface area contributed by atoms with E-state index in [0.717, 1.165) is 27.7 Å². The number of rotatable bonds is 4. The molecule has 0 aliphatic carbocycles. The molecule has 0 aliphatic heterocycles. The van der Waals surface area contributed by atoms with Crippen LogP contribution in [0.3, 0.4) is 0 Å². The maximum Gasteiger partial charge on any atom is 0.272 e. The summed E-state index contributed by atoms with van der Waals surface area (Å²) in [5.74, 6) is -0.338. The summed E-state index contributed by atoms with van der Waals surface area (Å²) in [5, 5.41) is 13.4. The molecule has 122 valence electrons. The zero-order valence-electron chi connectivity index (χ0n) is 13.5. The van der Waals surface area contributed by atoms with E-state index in [2.05, 4.69) is 20.8 Å². The highest BCUT2D eigenvalue weighted by Gasteiger charge is 2.13. The van der Waals surface area contributed by atoms with E-state index in [1.54, 1.807) is 12.1 Å². The number of anilines is 1. The Balaban J connectivity index is 1.68. The molecule has 2 amide bonds. The van der Waals surface area contributed by atoms with Crippen LogP contribution in [0.1, 0.15) is 28.5 Å². The van der Waals surface area contributed by atoms with Gasteiger partial charge >= 0.3 is 0 Å². The Labute approximate surface area is 139 Å².